The first-order chi connectivity index (χ1) is 20.6. The predicted octanol–water partition coefficient (Wildman–Crippen LogP) is 3.78. The molecule has 1 aliphatic heterocycles. The van der Waals surface area contributed by atoms with Crippen molar-refractivity contribution in [3.05, 3.63) is 70.2 Å². The van der Waals surface area contributed by atoms with Gasteiger partial charge in [-0.05, 0) is 26.0 Å². The SMILES string of the molecule is Cc1nc([C@@H]2O[C@H](CO)[C@H](O)[C@H](n3cc(-c4cc5scnc5c(F)c4F)cn3)[C@H]2O)n(-c2cc3sc(C)nc3cc2F)n1. The average Bonchev–Trinajstić information content (AvgIpc) is 3.77. The fourth-order valence-corrected chi connectivity index (χ4v) is 6.98. The molecular weight excluding hydrogens is 607 g/mol. The summed E-state index contributed by atoms with van der Waals surface area (Å²) in [5.41, 5.74) is 1.97. The molecule has 0 bridgehead atoms. The maximum Gasteiger partial charge on any atom is 0.186 e. The Bertz CT molecular complexity index is 2010. The number of aliphatic hydroxyl groups is 3. The number of aliphatic hydroxyl groups excluding tert-OH is 3. The second-order valence-corrected chi connectivity index (χ2v) is 12.3. The van der Waals surface area contributed by atoms with Gasteiger partial charge in [-0.15, -0.1) is 22.7 Å². The quantitative estimate of drug-likeness (QED) is 0.260. The van der Waals surface area contributed by atoms with Crippen LogP contribution in [0.5, 0.6) is 0 Å². The van der Waals surface area contributed by atoms with Gasteiger partial charge in [0.2, 0.25) is 0 Å². The van der Waals surface area contributed by atoms with Gasteiger partial charge in [0.05, 0.1) is 38.2 Å². The molecule has 6 aromatic rings. The highest BCUT2D eigenvalue weighted by Crippen LogP contribution is 2.40. The first-order valence-corrected chi connectivity index (χ1v) is 14.7. The van der Waals surface area contributed by atoms with Crippen LogP contribution in [0.4, 0.5) is 13.2 Å². The summed E-state index contributed by atoms with van der Waals surface area (Å²) < 4.78 is 54.5. The molecule has 4 aromatic heterocycles. The summed E-state index contributed by atoms with van der Waals surface area (Å²) in [5.74, 6) is -2.56. The molecule has 0 saturated carbocycles. The van der Waals surface area contributed by atoms with Crippen molar-refractivity contribution in [3.63, 3.8) is 0 Å². The Kier molecular flexibility index (Phi) is 6.79. The second-order valence-electron chi connectivity index (χ2n) is 10.1. The third-order valence-electron chi connectivity index (χ3n) is 7.40. The Morgan fingerprint density at radius 1 is 1.02 bits per heavy atom. The van der Waals surface area contributed by atoms with Crippen LogP contribution in [0.1, 0.15) is 28.8 Å². The van der Waals surface area contributed by atoms with E-state index in [0.717, 1.165) is 16.3 Å². The summed E-state index contributed by atoms with van der Waals surface area (Å²) in [6.07, 6.45) is -2.90. The first-order valence-electron chi connectivity index (χ1n) is 13.0. The van der Waals surface area contributed by atoms with E-state index in [2.05, 4.69) is 25.1 Å². The van der Waals surface area contributed by atoms with Crippen molar-refractivity contribution in [1.29, 1.82) is 0 Å². The minimum absolute atomic E-state index is 0.0241. The number of hydrogen-bond acceptors (Lipinski definition) is 11. The van der Waals surface area contributed by atoms with Crippen LogP contribution >= 0.6 is 22.7 Å². The maximum absolute atomic E-state index is 15.3. The van der Waals surface area contributed by atoms with E-state index in [-0.39, 0.29) is 34.0 Å². The van der Waals surface area contributed by atoms with Gasteiger partial charge in [0.1, 0.15) is 47.5 Å². The Morgan fingerprint density at radius 2 is 1.84 bits per heavy atom. The normalized spacial score (nSPS) is 22.7. The number of ether oxygens (including phenoxy) is 1. The summed E-state index contributed by atoms with van der Waals surface area (Å²) in [5, 5.41) is 42.1. The molecule has 5 heterocycles. The third-order valence-corrected chi connectivity index (χ3v) is 9.11. The molecular formula is C27H22F3N7O4S2. The molecule has 1 aliphatic rings. The first kappa shape index (κ1) is 28.0. The number of thiazole rings is 2. The number of benzene rings is 2. The van der Waals surface area contributed by atoms with Crippen LogP contribution in [-0.4, -0.2) is 74.8 Å². The fourth-order valence-electron chi connectivity index (χ4n) is 5.43. The van der Waals surface area contributed by atoms with Gasteiger partial charge in [-0.2, -0.15) is 10.2 Å². The molecule has 0 unspecified atom stereocenters. The van der Waals surface area contributed by atoms with E-state index < -0.39 is 54.5 Å². The Hall–Kier alpha value is -3.80. The van der Waals surface area contributed by atoms with Gasteiger partial charge in [-0.3, -0.25) is 4.68 Å². The lowest BCUT2D eigenvalue weighted by molar-refractivity contribution is -0.210. The summed E-state index contributed by atoms with van der Waals surface area (Å²) >= 11 is 2.52. The van der Waals surface area contributed by atoms with Crippen LogP contribution in [0, 0.1) is 31.3 Å². The van der Waals surface area contributed by atoms with Gasteiger partial charge in [0, 0.05) is 23.4 Å². The fraction of sp³-hybridized carbons (Fsp3) is 0.296. The van der Waals surface area contributed by atoms with Crippen LogP contribution in [0.3, 0.4) is 0 Å². The summed E-state index contributed by atoms with van der Waals surface area (Å²) in [4.78, 5) is 12.6. The van der Waals surface area contributed by atoms with Crippen LogP contribution in [-0.2, 0) is 4.74 Å². The lowest BCUT2D eigenvalue weighted by Gasteiger charge is -2.41. The molecule has 43 heavy (non-hydrogen) atoms. The second kappa shape index (κ2) is 10.4. The van der Waals surface area contributed by atoms with Crippen molar-refractivity contribution in [2.24, 2.45) is 0 Å². The number of aromatic nitrogens is 7. The lowest BCUT2D eigenvalue weighted by atomic mass is 9.92. The Balaban J connectivity index is 1.29. The minimum atomic E-state index is -1.55. The summed E-state index contributed by atoms with van der Waals surface area (Å²) in [6.45, 7) is 2.76. The Labute approximate surface area is 248 Å². The van der Waals surface area contributed by atoms with Crippen molar-refractivity contribution < 1.29 is 33.2 Å². The zero-order valence-corrected chi connectivity index (χ0v) is 24.0. The van der Waals surface area contributed by atoms with E-state index in [1.807, 2.05) is 6.92 Å². The number of hydrogen-bond donors (Lipinski definition) is 3. The zero-order chi connectivity index (χ0) is 30.2. The molecule has 1 saturated heterocycles. The summed E-state index contributed by atoms with van der Waals surface area (Å²) in [7, 11) is 0. The van der Waals surface area contributed by atoms with E-state index in [1.165, 1.54) is 50.7 Å². The smallest absolute Gasteiger partial charge is 0.186 e. The van der Waals surface area contributed by atoms with E-state index >= 15 is 4.39 Å². The van der Waals surface area contributed by atoms with Crippen LogP contribution < -0.4 is 0 Å². The molecule has 16 heteroatoms. The highest BCUT2D eigenvalue weighted by molar-refractivity contribution is 7.18. The van der Waals surface area contributed by atoms with Crippen LogP contribution in [0.25, 0.3) is 37.2 Å². The molecule has 0 aliphatic carbocycles. The molecule has 3 N–H and O–H groups in total. The standard InChI is InChI=1S/C27H22F3N7O4S2/c1-10-33-27(37(35-10)16-5-18-15(4-14(16)28)34-11(2)43-18)26-25(40)23(24(39)17(8-38)41-26)36-7-12(6-32-36)13-3-19-22(31-9-42-19)21(30)20(13)29/h3-7,9,17,23-26,38-40H,8H2,1-2H3/t17-,23+,24+,25-,26-/m1/s1. The van der Waals surface area contributed by atoms with E-state index in [1.54, 1.807) is 13.0 Å². The van der Waals surface area contributed by atoms with Crippen LogP contribution in [0.15, 0.2) is 36.1 Å². The number of nitrogens with zero attached hydrogens (tertiary/aromatic N) is 7. The lowest BCUT2D eigenvalue weighted by Crippen LogP contribution is -2.53. The number of aryl methyl sites for hydroxylation is 2. The van der Waals surface area contributed by atoms with Gasteiger partial charge >= 0.3 is 0 Å². The molecule has 11 nitrogen and oxygen atoms in total. The highest BCUT2D eigenvalue weighted by atomic mass is 32.1. The van der Waals surface area contributed by atoms with Crippen molar-refractivity contribution in [2.75, 3.05) is 6.61 Å². The minimum Gasteiger partial charge on any atom is -0.394 e. The molecule has 0 spiro atoms. The van der Waals surface area contributed by atoms with Gasteiger partial charge in [0.25, 0.3) is 0 Å². The van der Waals surface area contributed by atoms with Gasteiger partial charge in [-0.25, -0.2) is 32.8 Å². The molecule has 5 atom stereocenters. The molecule has 222 valence electrons. The van der Waals surface area contributed by atoms with Gasteiger partial charge < -0.3 is 20.1 Å². The average molecular weight is 630 g/mol. The topological polar surface area (TPSA) is 144 Å². The van der Waals surface area contributed by atoms with Crippen molar-refractivity contribution >= 4 is 43.1 Å². The Morgan fingerprint density at radius 3 is 2.63 bits per heavy atom. The van der Waals surface area contributed by atoms with Gasteiger partial charge in [-0.1, -0.05) is 0 Å². The number of rotatable bonds is 5. The monoisotopic (exact) mass is 629 g/mol. The maximum atomic E-state index is 15.3. The molecule has 2 aromatic carbocycles. The highest BCUT2D eigenvalue weighted by Gasteiger charge is 2.48. The van der Waals surface area contributed by atoms with E-state index in [9.17, 15) is 24.1 Å². The zero-order valence-electron chi connectivity index (χ0n) is 22.4. The van der Waals surface area contributed by atoms with Gasteiger partial charge in [0.15, 0.2) is 23.3 Å². The molecule has 1 fully saturated rings. The number of fused-ring (bicyclic) bond motifs is 2. The van der Waals surface area contributed by atoms with Crippen molar-refractivity contribution in [3.8, 4) is 16.8 Å². The molecule has 7 rings (SSSR count). The largest absolute Gasteiger partial charge is 0.394 e. The number of halogens is 3. The molecule has 0 radical (unpaired) electrons. The third kappa shape index (κ3) is 4.52. The van der Waals surface area contributed by atoms with Crippen LogP contribution in [0.2, 0.25) is 0 Å². The van der Waals surface area contributed by atoms with Crippen molar-refractivity contribution in [2.45, 2.75) is 44.3 Å². The molecule has 0 amide bonds. The van der Waals surface area contributed by atoms with Crippen molar-refractivity contribution in [1.82, 2.24) is 34.5 Å². The van der Waals surface area contributed by atoms with E-state index in [4.69, 9.17) is 4.74 Å². The van der Waals surface area contributed by atoms with E-state index in [0.29, 0.717) is 14.9 Å². The summed E-state index contributed by atoms with van der Waals surface area (Å²) in [6, 6.07) is 3.08. The predicted molar refractivity (Wildman–Crippen MR) is 150 cm³/mol.